The molecule has 1 aliphatic rings. The maximum atomic E-state index is 2.39. The van der Waals surface area contributed by atoms with Gasteiger partial charge in [0.25, 0.3) is 0 Å². The summed E-state index contributed by atoms with van der Waals surface area (Å²) in [6.45, 7) is 9.03. The van der Waals surface area contributed by atoms with Crippen molar-refractivity contribution in [3.63, 3.8) is 0 Å². The maximum Gasteiger partial charge on any atom is 0.0465 e. The lowest BCUT2D eigenvalue weighted by Gasteiger charge is -2.28. The van der Waals surface area contributed by atoms with Crippen LogP contribution in [0.2, 0.25) is 0 Å². The number of para-hydroxylation sites is 1. The van der Waals surface area contributed by atoms with E-state index in [0.717, 1.165) is 0 Å². The Bertz CT molecular complexity index is 1230. The molecule has 0 saturated carbocycles. The van der Waals surface area contributed by atoms with E-state index in [1.807, 2.05) is 0 Å². The van der Waals surface area contributed by atoms with Crippen molar-refractivity contribution in [2.45, 2.75) is 33.1 Å². The molecule has 4 aromatic rings. The fraction of sp³-hybridized carbons (Fsp3) is 0.172. The van der Waals surface area contributed by atoms with E-state index in [2.05, 4.69) is 124 Å². The smallest absolute Gasteiger partial charge is 0.0465 e. The van der Waals surface area contributed by atoms with Crippen molar-refractivity contribution < 1.29 is 0 Å². The lowest BCUT2D eigenvalue weighted by Crippen LogP contribution is -2.16. The summed E-state index contributed by atoms with van der Waals surface area (Å²) in [5, 5.41) is 0. The van der Waals surface area contributed by atoms with Crippen LogP contribution < -0.4 is 4.90 Å². The first-order chi connectivity index (χ1) is 14.5. The zero-order chi connectivity index (χ0) is 20.9. The van der Waals surface area contributed by atoms with Gasteiger partial charge in [0, 0.05) is 22.5 Å². The first-order valence-electron chi connectivity index (χ1n) is 10.6. The monoisotopic (exact) mass is 389 g/mol. The average molecular weight is 390 g/mol. The third-order valence-corrected chi connectivity index (χ3v) is 6.59. The molecule has 148 valence electrons. The van der Waals surface area contributed by atoms with E-state index in [-0.39, 0.29) is 5.41 Å². The van der Waals surface area contributed by atoms with Crippen LogP contribution in [0.3, 0.4) is 0 Å². The van der Waals surface area contributed by atoms with Crippen LogP contribution >= 0.6 is 0 Å². The van der Waals surface area contributed by atoms with E-state index in [1.165, 1.54) is 50.4 Å². The van der Waals surface area contributed by atoms with Crippen molar-refractivity contribution in [1.29, 1.82) is 0 Å². The van der Waals surface area contributed by atoms with Crippen LogP contribution in [0.15, 0.2) is 91.0 Å². The van der Waals surface area contributed by atoms with Crippen molar-refractivity contribution in [3.8, 4) is 11.1 Å². The Balaban J connectivity index is 1.70. The zero-order valence-corrected chi connectivity index (χ0v) is 18.1. The number of aryl methyl sites for hydroxylation is 2. The maximum absolute atomic E-state index is 2.39. The van der Waals surface area contributed by atoms with Crippen LogP contribution in [0.1, 0.15) is 36.1 Å². The molecule has 0 fully saturated rings. The van der Waals surface area contributed by atoms with Crippen LogP contribution in [0, 0.1) is 13.8 Å². The molecular formula is C29H27N. The molecule has 0 N–H and O–H groups in total. The summed E-state index contributed by atoms with van der Waals surface area (Å²) >= 11 is 0. The van der Waals surface area contributed by atoms with Gasteiger partial charge in [-0.05, 0) is 83.6 Å². The normalized spacial score (nSPS) is 13.6. The summed E-state index contributed by atoms with van der Waals surface area (Å²) in [7, 11) is 0. The number of fused-ring (bicyclic) bond motifs is 3. The molecule has 1 aliphatic carbocycles. The second-order valence-corrected chi connectivity index (χ2v) is 8.84. The van der Waals surface area contributed by atoms with Crippen molar-refractivity contribution in [2.24, 2.45) is 0 Å². The van der Waals surface area contributed by atoms with Gasteiger partial charge in [-0.2, -0.15) is 0 Å². The van der Waals surface area contributed by atoms with Crippen molar-refractivity contribution in [1.82, 2.24) is 0 Å². The standard InChI is InChI=1S/C29H27N/c1-20-14-15-23(18-21(20)2)30(22-10-6-5-7-11-22)24-16-17-26-25-12-8-9-13-27(25)29(3,4)28(26)19-24/h5-19H,1-4H3. The van der Waals surface area contributed by atoms with Crippen molar-refractivity contribution in [2.75, 3.05) is 4.90 Å². The van der Waals surface area contributed by atoms with Crippen LogP contribution in [-0.4, -0.2) is 0 Å². The molecule has 0 heterocycles. The number of nitrogens with zero attached hydrogens (tertiary/aromatic N) is 1. The third kappa shape index (κ3) is 2.85. The molecule has 30 heavy (non-hydrogen) atoms. The van der Waals surface area contributed by atoms with E-state index in [4.69, 9.17) is 0 Å². The van der Waals surface area contributed by atoms with Gasteiger partial charge >= 0.3 is 0 Å². The number of hydrogen-bond donors (Lipinski definition) is 0. The fourth-order valence-corrected chi connectivity index (χ4v) is 4.72. The number of anilines is 3. The molecule has 0 bridgehead atoms. The Morgan fingerprint density at radius 2 is 1.17 bits per heavy atom. The second kappa shape index (κ2) is 6.88. The molecule has 0 amide bonds. The molecule has 0 atom stereocenters. The van der Waals surface area contributed by atoms with Gasteiger partial charge < -0.3 is 4.90 Å². The number of hydrogen-bond acceptors (Lipinski definition) is 1. The molecule has 0 spiro atoms. The minimum absolute atomic E-state index is 0.00646. The minimum Gasteiger partial charge on any atom is -0.310 e. The molecule has 0 unspecified atom stereocenters. The highest BCUT2D eigenvalue weighted by atomic mass is 15.1. The molecule has 0 aromatic heterocycles. The topological polar surface area (TPSA) is 3.24 Å². The quantitative estimate of drug-likeness (QED) is 0.342. The fourth-order valence-electron chi connectivity index (χ4n) is 4.72. The third-order valence-electron chi connectivity index (χ3n) is 6.59. The van der Waals surface area contributed by atoms with Gasteiger partial charge in [-0.3, -0.25) is 0 Å². The first kappa shape index (κ1) is 18.7. The van der Waals surface area contributed by atoms with Gasteiger partial charge in [-0.15, -0.1) is 0 Å². The lowest BCUT2D eigenvalue weighted by atomic mass is 9.82. The molecule has 0 saturated heterocycles. The molecule has 1 heteroatoms. The second-order valence-electron chi connectivity index (χ2n) is 8.84. The van der Waals surface area contributed by atoms with E-state index < -0.39 is 0 Å². The van der Waals surface area contributed by atoms with E-state index >= 15 is 0 Å². The Kier molecular flexibility index (Phi) is 4.29. The Morgan fingerprint density at radius 1 is 0.533 bits per heavy atom. The molecule has 0 aliphatic heterocycles. The summed E-state index contributed by atoms with van der Waals surface area (Å²) in [5.74, 6) is 0. The van der Waals surface area contributed by atoms with Crippen molar-refractivity contribution >= 4 is 17.1 Å². The summed E-state index contributed by atoms with van der Waals surface area (Å²) < 4.78 is 0. The summed E-state index contributed by atoms with van der Waals surface area (Å²) in [6, 6.07) is 33.1. The van der Waals surface area contributed by atoms with Crippen LogP contribution in [0.4, 0.5) is 17.1 Å². The Labute approximate surface area is 179 Å². The highest BCUT2D eigenvalue weighted by Crippen LogP contribution is 2.50. The van der Waals surface area contributed by atoms with Gasteiger partial charge in [0.15, 0.2) is 0 Å². The lowest BCUT2D eigenvalue weighted by molar-refractivity contribution is 0.660. The van der Waals surface area contributed by atoms with E-state index in [9.17, 15) is 0 Å². The van der Waals surface area contributed by atoms with Crippen LogP contribution in [-0.2, 0) is 5.41 Å². The van der Waals surface area contributed by atoms with Gasteiger partial charge in [0.1, 0.15) is 0 Å². The van der Waals surface area contributed by atoms with Gasteiger partial charge in [-0.25, -0.2) is 0 Å². The molecule has 0 radical (unpaired) electrons. The SMILES string of the molecule is Cc1ccc(N(c2ccccc2)c2ccc3c(c2)C(C)(C)c2ccccc2-3)cc1C. The highest BCUT2D eigenvalue weighted by molar-refractivity contribution is 5.85. The largest absolute Gasteiger partial charge is 0.310 e. The van der Waals surface area contributed by atoms with Gasteiger partial charge in [0.05, 0.1) is 0 Å². The number of rotatable bonds is 3. The van der Waals surface area contributed by atoms with E-state index in [0.29, 0.717) is 0 Å². The summed E-state index contributed by atoms with van der Waals surface area (Å²) in [6.07, 6.45) is 0. The summed E-state index contributed by atoms with van der Waals surface area (Å²) in [5.41, 5.74) is 11.7. The minimum atomic E-state index is -0.00646. The van der Waals surface area contributed by atoms with Crippen molar-refractivity contribution in [3.05, 3.63) is 113 Å². The first-order valence-corrected chi connectivity index (χ1v) is 10.6. The van der Waals surface area contributed by atoms with Gasteiger partial charge in [0.2, 0.25) is 0 Å². The molecule has 4 aromatic carbocycles. The molecular weight excluding hydrogens is 362 g/mol. The average Bonchev–Trinajstić information content (AvgIpc) is 2.99. The molecule has 1 nitrogen and oxygen atoms in total. The summed E-state index contributed by atoms with van der Waals surface area (Å²) in [4.78, 5) is 2.37. The molecule has 5 rings (SSSR count). The zero-order valence-electron chi connectivity index (χ0n) is 18.1. The van der Waals surface area contributed by atoms with E-state index in [1.54, 1.807) is 0 Å². The Hall–Kier alpha value is -3.32. The van der Waals surface area contributed by atoms with Gasteiger partial charge in [-0.1, -0.05) is 68.4 Å². The van der Waals surface area contributed by atoms with Crippen LogP contribution in [0.25, 0.3) is 11.1 Å². The number of benzene rings is 4. The highest BCUT2D eigenvalue weighted by Gasteiger charge is 2.35. The van der Waals surface area contributed by atoms with Crippen LogP contribution in [0.5, 0.6) is 0 Å². The predicted octanol–water partition coefficient (Wildman–Crippen LogP) is 8.08. The predicted molar refractivity (Wildman–Crippen MR) is 128 cm³/mol. The Morgan fingerprint density at radius 3 is 1.93 bits per heavy atom.